The number of piperidine rings is 1. The third-order valence-electron chi connectivity index (χ3n) is 4.76. The second-order valence-corrected chi connectivity index (χ2v) is 8.54. The van der Waals surface area contributed by atoms with Crippen LogP contribution in [-0.2, 0) is 26.1 Å². The predicted octanol–water partition coefficient (Wildman–Crippen LogP) is 2.17. The highest BCUT2D eigenvalue weighted by Crippen LogP contribution is 2.21. The molecule has 2 aromatic rings. The summed E-state index contributed by atoms with van der Waals surface area (Å²) in [5, 5.41) is 0. The fourth-order valence-electron chi connectivity index (χ4n) is 3.24. The highest BCUT2D eigenvalue weighted by Gasteiger charge is 2.30. The second-order valence-electron chi connectivity index (χ2n) is 6.77. The predicted molar refractivity (Wildman–Crippen MR) is 104 cm³/mol. The Labute approximate surface area is 169 Å². The van der Waals surface area contributed by atoms with Crippen LogP contribution in [0.4, 0.5) is 0 Å². The van der Waals surface area contributed by atoms with Gasteiger partial charge in [0, 0.05) is 18.7 Å². The van der Waals surface area contributed by atoms with Crippen molar-refractivity contribution in [3.05, 3.63) is 54.0 Å². The third-order valence-corrected chi connectivity index (χ3v) is 6.17. The Balaban J connectivity index is 1.64. The molecule has 8 nitrogen and oxygen atoms in total. The second kappa shape index (κ2) is 9.23. The molecule has 0 unspecified atom stereocenters. The Morgan fingerprint density at radius 3 is 2.66 bits per heavy atom. The van der Waals surface area contributed by atoms with Gasteiger partial charge < -0.3 is 14.1 Å². The van der Waals surface area contributed by atoms with Crippen LogP contribution in [-0.4, -0.2) is 44.9 Å². The molecule has 9 heteroatoms. The highest BCUT2D eigenvalue weighted by atomic mass is 32.2. The van der Waals surface area contributed by atoms with E-state index in [1.54, 1.807) is 24.0 Å². The van der Waals surface area contributed by atoms with Gasteiger partial charge in [-0.2, -0.15) is 0 Å². The summed E-state index contributed by atoms with van der Waals surface area (Å²) in [6, 6.07) is 9.11. The molecule has 0 aliphatic carbocycles. The molecule has 156 valence electrons. The fourth-order valence-corrected chi connectivity index (χ4v) is 4.23. The maximum absolute atomic E-state index is 12.8. The number of carbonyl (C=O) groups excluding carboxylic acids is 2. The van der Waals surface area contributed by atoms with Crippen LogP contribution in [0.25, 0.3) is 0 Å². The number of sulfonamides is 1. The molecule has 0 saturated carbocycles. The van der Waals surface area contributed by atoms with Gasteiger partial charge in [-0.05, 0) is 56.2 Å². The van der Waals surface area contributed by atoms with E-state index in [-0.39, 0.29) is 29.2 Å². The first kappa shape index (κ1) is 21.1. The van der Waals surface area contributed by atoms with Crippen molar-refractivity contribution in [3.63, 3.8) is 0 Å². The van der Waals surface area contributed by atoms with E-state index in [0.29, 0.717) is 37.4 Å². The van der Waals surface area contributed by atoms with Gasteiger partial charge in [-0.25, -0.2) is 13.1 Å². The maximum atomic E-state index is 12.8. The van der Waals surface area contributed by atoms with Crippen molar-refractivity contribution in [2.45, 2.75) is 31.2 Å². The van der Waals surface area contributed by atoms with E-state index in [2.05, 4.69) is 4.72 Å². The lowest BCUT2D eigenvalue weighted by Crippen LogP contribution is -2.42. The van der Waals surface area contributed by atoms with Crippen LogP contribution < -0.4 is 4.72 Å². The Bertz CT molecular complexity index is 938. The lowest BCUT2D eigenvalue weighted by molar-refractivity contribution is -0.149. The zero-order valence-corrected chi connectivity index (χ0v) is 17.0. The molecular formula is C20H24N2O6S. The first-order valence-corrected chi connectivity index (χ1v) is 11.0. The number of nitrogens with one attached hydrogen (secondary N) is 1. The number of hydrogen-bond acceptors (Lipinski definition) is 6. The molecule has 0 spiro atoms. The van der Waals surface area contributed by atoms with Crippen molar-refractivity contribution in [2.24, 2.45) is 5.92 Å². The minimum atomic E-state index is -3.73. The fraction of sp³-hybridized carbons (Fsp3) is 0.400. The van der Waals surface area contributed by atoms with Crippen molar-refractivity contribution in [2.75, 3.05) is 19.7 Å². The minimum Gasteiger partial charge on any atom is -0.468 e. The SMILES string of the molecule is CCOC(=O)[C@H]1CCCN(C(=O)c2ccc(S(=O)(=O)NCc3ccco3)cc2)C1. The Morgan fingerprint density at radius 1 is 1.24 bits per heavy atom. The van der Waals surface area contributed by atoms with Crippen LogP contribution in [0.5, 0.6) is 0 Å². The van der Waals surface area contributed by atoms with E-state index in [9.17, 15) is 18.0 Å². The number of ether oxygens (including phenoxy) is 1. The van der Waals surface area contributed by atoms with Gasteiger partial charge in [-0.1, -0.05) is 0 Å². The maximum Gasteiger partial charge on any atom is 0.310 e. The van der Waals surface area contributed by atoms with E-state index < -0.39 is 10.0 Å². The average Bonchev–Trinajstić information content (AvgIpc) is 3.26. The molecule has 1 aliphatic rings. The molecule has 29 heavy (non-hydrogen) atoms. The molecule has 1 amide bonds. The zero-order valence-electron chi connectivity index (χ0n) is 16.2. The van der Waals surface area contributed by atoms with Crippen LogP contribution in [0.15, 0.2) is 52.0 Å². The van der Waals surface area contributed by atoms with Gasteiger partial charge in [-0.15, -0.1) is 0 Å². The third kappa shape index (κ3) is 5.24. The Hall–Kier alpha value is -2.65. The summed E-state index contributed by atoms with van der Waals surface area (Å²) in [6.07, 6.45) is 2.89. The summed E-state index contributed by atoms with van der Waals surface area (Å²) < 4.78 is 37.4. The standard InChI is InChI=1S/C20H24N2O6S/c1-2-27-20(24)16-5-3-11-22(14-16)19(23)15-7-9-18(10-8-15)29(25,26)21-13-17-6-4-12-28-17/h4,6-10,12,16,21H,2-3,5,11,13-14H2,1H3/t16-/m0/s1. The summed E-state index contributed by atoms with van der Waals surface area (Å²) in [7, 11) is -3.73. The van der Waals surface area contributed by atoms with E-state index in [4.69, 9.17) is 9.15 Å². The van der Waals surface area contributed by atoms with E-state index in [1.165, 1.54) is 30.5 Å². The lowest BCUT2D eigenvalue weighted by atomic mass is 9.97. The molecule has 2 heterocycles. The van der Waals surface area contributed by atoms with Gasteiger partial charge in [0.25, 0.3) is 5.91 Å². The van der Waals surface area contributed by atoms with Gasteiger partial charge in [-0.3, -0.25) is 9.59 Å². The molecule has 1 aliphatic heterocycles. The summed E-state index contributed by atoms with van der Waals surface area (Å²) in [5.74, 6) is -0.333. The first-order chi connectivity index (χ1) is 13.9. The molecule has 1 fully saturated rings. The van der Waals surface area contributed by atoms with E-state index >= 15 is 0 Å². The number of likely N-dealkylation sites (tertiary alicyclic amines) is 1. The topological polar surface area (TPSA) is 106 Å². The number of benzene rings is 1. The van der Waals surface area contributed by atoms with Crippen LogP contribution in [0.1, 0.15) is 35.9 Å². The molecule has 0 radical (unpaired) electrons. The van der Waals surface area contributed by atoms with Crippen molar-refractivity contribution in [3.8, 4) is 0 Å². The summed E-state index contributed by atoms with van der Waals surface area (Å²) in [6.45, 7) is 2.97. The van der Waals surface area contributed by atoms with E-state index in [1.807, 2.05) is 0 Å². The van der Waals surface area contributed by atoms with Gasteiger partial charge in [0.1, 0.15) is 5.76 Å². The number of rotatable bonds is 7. The van der Waals surface area contributed by atoms with Crippen molar-refractivity contribution in [1.82, 2.24) is 9.62 Å². The first-order valence-electron chi connectivity index (χ1n) is 9.48. The van der Waals surface area contributed by atoms with E-state index in [0.717, 1.165) is 6.42 Å². The quantitative estimate of drug-likeness (QED) is 0.688. The lowest BCUT2D eigenvalue weighted by Gasteiger charge is -2.31. The summed E-state index contributed by atoms with van der Waals surface area (Å²) >= 11 is 0. The van der Waals surface area contributed by atoms with Crippen LogP contribution >= 0.6 is 0 Å². The van der Waals surface area contributed by atoms with Gasteiger partial charge in [0.15, 0.2) is 0 Å². The Morgan fingerprint density at radius 2 is 2.00 bits per heavy atom. The van der Waals surface area contributed by atoms with Gasteiger partial charge in [0.05, 0.1) is 30.2 Å². The van der Waals surface area contributed by atoms with Crippen molar-refractivity contribution in [1.29, 1.82) is 0 Å². The minimum absolute atomic E-state index is 0.0407. The smallest absolute Gasteiger partial charge is 0.310 e. The van der Waals surface area contributed by atoms with Crippen molar-refractivity contribution < 1.29 is 27.2 Å². The summed E-state index contributed by atoms with van der Waals surface area (Å²) in [5.41, 5.74) is 0.375. The number of esters is 1. The molecule has 1 atom stereocenters. The van der Waals surface area contributed by atoms with Crippen LogP contribution in [0.3, 0.4) is 0 Å². The number of carbonyl (C=O) groups is 2. The molecular weight excluding hydrogens is 396 g/mol. The normalized spacial score (nSPS) is 17.1. The molecule has 1 N–H and O–H groups in total. The zero-order chi connectivity index (χ0) is 20.9. The van der Waals surface area contributed by atoms with Crippen molar-refractivity contribution >= 4 is 21.9 Å². The molecule has 0 bridgehead atoms. The molecule has 1 saturated heterocycles. The monoisotopic (exact) mass is 420 g/mol. The molecule has 3 rings (SSSR count). The highest BCUT2D eigenvalue weighted by molar-refractivity contribution is 7.89. The molecule has 1 aromatic carbocycles. The van der Waals surface area contributed by atoms with Crippen LogP contribution in [0, 0.1) is 5.92 Å². The number of amides is 1. The number of furan rings is 1. The van der Waals surface area contributed by atoms with Gasteiger partial charge in [0.2, 0.25) is 10.0 Å². The summed E-state index contributed by atoms with van der Waals surface area (Å²) in [4.78, 5) is 26.4. The number of nitrogens with zero attached hydrogens (tertiary/aromatic N) is 1. The Kier molecular flexibility index (Phi) is 6.71. The molecule has 1 aromatic heterocycles. The average molecular weight is 420 g/mol. The van der Waals surface area contributed by atoms with Gasteiger partial charge >= 0.3 is 5.97 Å². The number of hydrogen-bond donors (Lipinski definition) is 1. The van der Waals surface area contributed by atoms with Crippen LogP contribution in [0.2, 0.25) is 0 Å². The largest absolute Gasteiger partial charge is 0.468 e.